The molecule has 3 aliphatic rings. The van der Waals surface area contributed by atoms with Crippen LogP contribution >= 0.6 is 0 Å². The van der Waals surface area contributed by atoms with E-state index < -0.39 is 12.0 Å². The van der Waals surface area contributed by atoms with Gasteiger partial charge in [-0.15, -0.1) is 0 Å². The van der Waals surface area contributed by atoms with Gasteiger partial charge in [0.25, 0.3) is 0 Å². The SMILES string of the molecule is COc1cc([C@@H]2c3cc4c(cc3[C@H](NC(C)=O)[C@H]3COC(=O)[C@H]23)OCO4)cc(OC)c1OC. The maximum atomic E-state index is 13.0. The summed E-state index contributed by atoms with van der Waals surface area (Å²) in [5.41, 5.74) is 2.53. The Balaban J connectivity index is 1.75. The Labute approximate surface area is 190 Å². The largest absolute Gasteiger partial charge is 0.493 e. The molecule has 4 atom stereocenters. The average Bonchev–Trinajstić information content (AvgIpc) is 3.43. The van der Waals surface area contributed by atoms with Gasteiger partial charge in [0.15, 0.2) is 23.0 Å². The Bertz CT molecular complexity index is 1100. The third-order valence-electron chi connectivity index (χ3n) is 6.59. The highest BCUT2D eigenvalue weighted by molar-refractivity contribution is 5.80. The van der Waals surface area contributed by atoms with Crippen molar-refractivity contribution in [2.75, 3.05) is 34.7 Å². The Kier molecular flexibility index (Phi) is 5.19. The monoisotopic (exact) mass is 455 g/mol. The van der Waals surface area contributed by atoms with Crippen molar-refractivity contribution in [2.45, 2.75) is 18.9 Å². The van der Waals surface area contributed by atoms with E-state index in [1.165, 1.54) is 6.92 Å². The number of rotatable bonds is 5. The van der Waals surface area contributed by atoms with Gasteiger partial charge in [-0.1, -0.05) is 0 Å². The van der Waals surface area contributed by atoms with Crippen LogP contribution in [0.25, 0.3) is 0 Å². The molecular weight excluding hydrogens is 430 g/mol. The van der Waals surface area contributed by atoms with Crippen LogP contribution in [0.15, 0.2) is 24.3 Å². The Morgan fingerprint density at radius 2 is 1.58 bits per heavy atom. The first-order valence-electron chi connectivity index (χ1n) is 10.6. The zero-order valence-electron chi connectivity index (χ0n) is 18.8. The predicted octanol–water partition coefficient (Wildman–Crippen LogP) is 2.55. The van der Waals surface area contributed by atoms with Crippen molar-refractivity contribution >= 4 is 11.9 Å². The zero-order valence-corrected chi connectivity index (χ0v) is 18.8. The quantitative estimate of drug-likeness (QED) is 0.687. The maximum absolute atomic E-state index is 13.0. The van der Waals surface area contributed by atoms with Gasteiger partial charge < -0.3 is 33.7 Å². The van der Waals surface area contributed by atoms with Crippen molar-refractivity contribution in [3.05, 3.63) is 41.0 Å². The number of benzene rings is 2. The first kappa shape index (κ1) is 21.2. The van der Waals surface area contributed by atoms with E-state index in [-0.39, 0.29) is 37.1 Å². The zero-order chi connectivity index (χ0) is 23.3. The smallest absolute Gasteiger partial charge is 0.310 e. The van der Waals surface area contributed by atoms with Crippen LogP contribution in [-0.4, -0.2) is 46.6 Å². The summed E-state index contributed by atoms with van der Waals surface area (Å²) in [6.07, 6.45) is 0. The lowest BCUT2D eigenvalue weighted by molar-refractivity contribution is -0.141. The van der Waals surface area contributed by atoms with Gasteiger partial charge in [0.2, 0.25) is 18.4 Å². The van der Waals surface area contributed by atoms with Gasteiger partial charge in [-0.05, 0) is 41.0 Å². The van der Waals surface area contributed by atoms with Gasteiger partial charge >= 0.3 is 5.97 Å². The Hall–Kier alpha value is -3.62. The molecule has 5 rings (SSSR count). The number of hydrogen-bond donors (Lipinski definition) is 1. The van der Waals surface area contributed by atoms with Crippen LogP contribution in [0.4, 0.5) is 0 Å². The van der Waals surface area contributed by atoms with Crippen LogP contribution < -0.4 is 29.0 Å². The number of carbonyl (C=O) groups excluding carboxylic acids is 2. The van der Waals surface area contributed by atoms with E-state index in [1.54, 1.807) is 21.3 Å². The van der Waals surface area contributed by atoms with Crippen LogP contribution in [0.1, 0.15) is 35.6 Å². The van der Waals surface area contributed by atoms with Gasteiger partial charge in [-0.3, -0.25) is 9.59 Å². The average molecular weight is 455 g/mol. The van der Waals surface area contributed by atoms with Crippen LogP contribution in [0.5, 0.6) is 28.7 Å². The molecule has 33 heavy (non-hydrogen) atoms. The molecular formula is C24H25NO8. The predicted molar refractivity (Wildman–Crippen MR) is 115 cm³/mol. The molecule has 2 aromatic rings. The molecule has 0 aromatic heterocycles. The standard InChI is InChI=1S/C24H25NO8/c1-11(26)25-22-14-8-17-16(32-10-33-17)7-13(14)20(21-15(22)9-31-24(21)27)12-5-18(28-2)23(30-4)19(6-12)29-3/h5-8,15,20-22H,9-10H2,1-4H3,(H,25,26)/t15-,20+,21-,22-/m0/s1. The molecule has 1 fully saturated rings. The molecule has 1 N–H and O–H groups in total. The summed E-state index contributed by atoms with van der Waals surface area (Å²) in [6.45, 7) is 1.79. The molecule has 1 saturated heterocycles. The molecule has 2 aliphatic heterocycles. The van der Waals surface area contributed by atoms with Crippen LogP contribution in [0.2, 0.25) is 0 Å². The number of carbonyl (C=O) groups is 2. The fourth-order valence-electron chi connectivity index (χ4n) is 5.25. The van der Waals surface area contributed by atoms with E-state index in [2.05, 4.69) is 5.32 Å². The number of amides is 1. The number of fused-ring (bicyclic) bond motifs is 3. The molecule has 0 unspecified atom stereocenters. The highest BCUT2D eigenvalue weighted by Gasteiger charge is 2.53. The molecule has 0 saturated carbocycles. The summed E-state index contributed by atoms with van der Waals surface area (Å²) in [6, 6.07) is 7.08. The highest BCUT2D eigenvalue weighted by Crippen LogP contribution is 2.55. The van der Waals surface area contributed by atoms with Crippen molar-refractivity contribution in [3.8, 4) is 28.7 Å². The number of hydrogen-bond acceptors (Lipinski definition) is 8. The number of esters is 1. The van der Waals surface area contributed by atoms with Crippen LogP contribution in [0.3, 0.4) is 0 Å². The van der Waals surface area contributed by atoms with Gasteiger partial charge in [-0.25, -0.2) is 0 Å². The van der Waals surface area contributed by atoms with Gasteiger partial charge in [0, 0.05) is 18.8 Å². The molecule has 2 aromatic carbocycles. The van der Waals surface area contributed by atoms with E-state index in [1.807, 2.05) is 24.3 Å². The van der Waals surface area contributed by atoms with Crippen LogP contribution in [-0.2, 0) is 14.3 Å². The fraction of sp³-hybridized carbons (Fsp3) is 0.417. The molecule has 0 radical (unpaired) electrons. The number of methoxy groups -OCH3 is 3. The number of ether oxygens (including phenoxy) is 6. The summed E-state index contributed by atoms with van der Waals surface area (Å²) in [7, 11) is 4.64. The topological polar surface area (TPSA) is 102 Å². The van der Waals surface area contributed by atoms with E-state index >= 15 is 0 Å². The Morgan fingerprint density at radius 1 is 0.939 bits per heavy atom. The summed E-state index contributed by atoms with van der Waals surface area (Å²) < 4.78 is 33.3. The third kappa shape index (κ3) is 3.30. The summed E-state index contributed by atoms with van der Waals surface area (Å²) in [5.74, 6) is 0.998. The lowest BCUT2D eigenvalue weighted by Crippen LogP contribution is -2.42. The molecule has 1 aliphatic carbocycles. The van der Waals surface area contributed by atoms with Crippen molar-refractivity contribution in [1.82, 2.24) is 5.32 Å². The van der Waals surface area contributed by atoms with Gasteiger partial charge in [-0.2, -0.15) is 0 Å². The summed E-state index contributed by atoms with van der Waals surface area (Å²) in [4.78, 5) is 25.1. The maximum Gasteiger partial charge on any atom is 0.310 e. The van der Waals surface area contributed by atoms with E-state index in [0.717, 1.165) is 16.7 Å². The lowest BCUT2D eigenvalue weighted by Gasteiger charge is -2.39. The summed E-state index contributed by atoms with van der Waals surface area (Å²) in [5, 5.41) is 3.02. The van der Waals surface area contributed by atoms with Crippen LogP contribution in [0, 0.1) is 11.8 Å². The van der Waals surface area contributed by atoms with E-state index in [9.17, 15) is 9.59 Å². The van der Waals surface area contributed by atoms with Gasteiger partial charge in [0.1, 0.15) is 0 Å². The fourth-order valence-corrected chi connectivity index (χ4v) is 5.25. The molecule has 0 bridgehead atoms. The second kappa shape index (κ2) is 8.06. The highest BCUT2D eigenvalue weighted by atomic mass is 16.7. The second-order valence-corrected chi connectivity index (χ2v) is 8.27. The minimum absolute atomic E-state index is 0.118. The number of cyclic esters (lactones) is 1. The number of nitrogens with one attached hydrogen (secondary N) is 1. The van der Waals surface area contributed by atoms with Crippen molar-refractivity contribution in [3.63, 3.8) is 0 Å². The molecule has 9 nitrogen and oxygen atoms in total. The normalized spacial score (nSPS) is 24.4. The minimum atomic E-state index is -0.516. The molecule has 9 heteroatoms. The second-order valence-electron chi connectivity index (χ2n) is 8.27. The Morgan fingerprint density at radius 3 is 2.15 bits per heavy atom. The van der Waals surface area contributed by atoms with Crippen molar-refractivity contribution in [2.24, 2.45) is 11.8 Å². The molecule has 1 amide bonds. The third-order valence-corrected chi connectivity index (χ3v) is 6.59. The summed E-state index contributed by atoms with van der Waals surface area (Å²) >= 11 is 0. The van der Waals surface area contributed by atoms with Crippen molar-refractivity contribution < 1.29 is 38.0 Å². The van der Waals surface area contributed by atoms with E-state index in [0.29, 0.717) is 28.7 Å². The molecule has 2 heterocycles. The first-order valence-corrected chi connectivity index (χ1v) is 10.6. The minimum Gasteiger partial charge on any atom is -0.493 e. The van der Waals surface area contributed by atoms with E-state index in [4.69, 9.17) is 28.4 Å². The van der Waals surface area contributed by atoms with Crippen molar-refractivity contribution in [1.29, 1.82) is 0 Å². The lowest BCUT2D eigenvalue weighted by atomic mass is 9.65. The molecule has 0 spiro atoms. The van der Waals surface area contributed by atoms with Gasteiger partial charge in [0.05, 0.1) is 39.9 Å². The molecule has 174 valence electrons. The first-order chi connectivity index (χ1) is 16.0.